The Bertz CT molecular complexity index is 2620. The molecule has 8 bridgehead atoms. The first-order chi connectivity index (χ1) is 34.6. The third kappa shape index (κ3) is 12.3. The van der Waals surface area contributed by atoms with Crippen molar-refractivity contribution in [2.45, 2.75) is 91.1 Å². The molecule has 1 aliphatic rings. The number of rotatable bonds is 20. The summed E-state index contributed by atoms with van der Waals surface area (Å²) >= 11 is 0. The van der Waals surface area contributed by atoms with Gasteiger partial charge in [-0.15, -0.1) is 0 Å². The second kappa shape index (κ2) is 24.3. The summed E-state index contributed by atoms with van der Waals surface area (Å²) < 4.78 is 31.9. The Kier molecular flexibility index (Phi) is 16.6. The molecule has 0 saturated carbocycles. The molecular weight excluding hydrogens is 865 g/mol. The molecule has 0 unspecified atom stereocenters. The van der Waals surface area contributed by atoms with Gasteiger partial charge in [0.25, 0.3) is 0 Å². The first kappa shape index (κ1) is 47.7. The molecule has 8 nitrogen and oxygen atoms in total. The van der Waals surface area contributed by atoms with E-state index in [1.165, 1.54) is 22.3 Å². The number of unbranched alkanes of at least 4 members (excludes halogenated alkanes) is 2. The van der Waals surface area contributed by atoms with Crippen LogP contribution < -0.4 is 28.1 Å². The van der Waals surface area contributed by atoms with E-state index in [4.69, 9.17) is 18.9 Å². The molecular formula is C62H66N4O4+2. The molecule has 4 heterocycles. The molecule has 0 radical (unpaired) electrons. The zero-order valence-corrected chi connectivity index (χ0v) is 40.9. The van der Waals surface area contributed by atoms with Crippen LogP contribution in [0.1, 0.15) is 96.9 Å². The van der Waals surface area contributed by atoms with E-state index in [0.717, 1.165) is 119 Å². The molecule has 4 aromatic carbocycles. The van der Waals surface area contributed by atoms with Gasteiger partial charge in [0.2, 0.25) is 0 Å². The summed E-state index contributed by atoms with van der Waals surface area (Å²) in [4.78, 5) is 8.33. The standard InChI is InChI=1S/C62H66N4O4/c1-3-39-67-59-51-13-9-14-52(59)44-56-18-12-20-58(62(56)70-42-8-6-34-66-37-27-50(28-38-66)48-23-31-64-32-24-48)46-54-16-10-15-53(60(54)68-40-4-2)45-57-19-11-17-55(43-51)61(57)69-41-7-5-33-65-35-25-49(26-36-65)47-21-29-63-30-22-47/h9-32,35-38H,3-8,33-34,39-46H2,1-2H3/q+2. The Hall–Kier alpha value is -7.32. The Morgan fingerprint density at radius 3 is 0.900 bits per heavy atom. The highest BCUT2D eigenvalue weighted by Crippen LogP contribution is 2.39. The maximum absolute atomic E-state index is 6.95. The van der Waals surface area contributed by atoms with E-state index in [-0.39, 0.29) is 0 Å². The van der Waals surface area contributed by atoms with Crippen molar-refractivity contribution in [3.63, 3.8) is 0 Å². The van der Waals surface area contributed by atoms with Crippen LogP contribution >= 0.6 is 0 Å². The molecule has 9 rings (SSSR count). The van der Waals surface area contributed by atoms with Gasteiger partial charge in [0.05, 0.1) is 26.4 Å². The molecule has 4 aromatic heterocycles. The van der Waals surface area contributed by atoms with Crippen LogP contribution in [0.3, 0.4) is 0 Å². The van der Waals surface area contributed by atoms with Crippen LogP contribution in [-0.2, 0) is 38.8 Å². The predicted octanol–water partition coefficient (Wildman–Crippen LogP) is 12.4. The van der Waals surface area contributed by atoms with E-state index in [9.17, 15) is 0 Å². The van der Waals surface area contributed by atoms with Gasteiger partial charge in [-0.1, -0.05) is 86.6 Å². The summed E-state index contributed by atoms with van der Waals surface area (Å²) in [6.07, 6.45) is 24.4. The van der Waals surface area contributed by atoms with Gasteiger partial charge in [0.15, 0.2) is 24.8 Å². The second-order valence-electron chi connectivity index (χ2n) is 18.3. The highest BCUT2D eigenvalue weighted by molar-refractivity contribution is 5.62. The van der Waals surface area contributed by atoms with Gasteiger partial charge in [0, 0.05) is 87.6 Å². The van der Waals surface area contributed by atoms with E-state index in [1.54, 1.807) is 0 Å². The monoisotopic (exact) mass is 931 g/mol. The highest BCUT2D eigenvalue weighted by Gasteiger charge is 2.22. The zero-order chi connectivity index (χ0) is 47.7. The molecule has 0 aliphatic heterocycles. The molecule has 0 N–H and O–H groups in total. The van der Waals surface area contributed by atoms with Crippen LogP contribution in [0.25, 0.3) is 22.3 Å². The number of aromatic nitrogens is 4. The Balaban J connectivity index is 0.976. The fourth-order valence-electron chi connectivity index (χ4n) is 9.46. The number of fused-ring (bicyclic) bond motifs is 8. The van der Waals surface area contributed by atoms with Crippen LogP contribution in [0.15, 0.2) is 171 Å². The summed E-state index contributed by atoms with van der Waals surface area (Å²) in [5.41, 5.74) is 14.0. The van der Waals surface area contributed by atoms with Crippen molar-refractivity contribution in [1.29, 1.82) is 0 Å². The lowest BCUT2D eigenvalue weighted by Gasteiger charge is -2.22. The maximum atomic E-state index is 6.95. The lowest BCUT2D eigenvalue weighted by Crippen LogP contribution is -2.32. The van der Waals surface area contributed by atoms with Crippen LogP contribution in [0.4, 0.5) is 0 Å². The van der Waals surface area contributed by atoms with E-state index >= 15 is 0 Å². The molecule has 8 aromatic rings. The van der Waals surface area contributed by atoms with Crippen molar-refractivity contribution in [1.82, 2.24) is 9.97 Å². The molecule has 356 valence electrons. The molecule has 8 heteroatoms. The number of para-hydroxylation sites is 4. The quantitative estimate of drug-likeness (QED) is 0.0560. The Morgan fingerprint density at radius 2 is 0.614 bits per heavy atom. The number of pyridine rings is 4. The van der Waals surface area contributed by atoms with Crippen LogP contribution in [-0.4, -0.2) is 36.4 Å². The van der Waals surface area contributed by atoms with Gasteiger partial charge in [-0.2, -0.15) is 0 Å². The number of hydrogen-bond acceptors (Lipinski definition) is 6. The fourth-order valence-corrected chi connectivity index (χ4v) is 9.46. The Morgan fingerprint density at radius 1 is 0.343 bits per heavy atom. The van der Waals surface area contributed by atoms with Crippen LogP contribution in [0.5, 0.6) is 23.0 Å². The second-order valence-corrected chi connectivity index (χ2v) is 18.3. The molecule has 0 saturated heterocycles. The van der Waals surface area contributed by atoms with Crippen molar-refractivity contribution in [3.05, 3.63) is 215 Å². The van der Waals surface area contributed by atoms with Crippen molar-refractivity contribution in [2.75, 3.05) is 26.4 Å². The van der Waals surface area contributed by atoms with E-state index < -0.39 is 0 Å². The topological polar surface area (TPSA) is 70.5 Å². The van der Waals surface area contributed by atoms with E-state index in [0.29, 0.717) is 52.1 Å². The summed E-state index contributed by atoms with van der Waals surface area (Å²) in [5.74, 6) is 3.85. The number of nitrogens with zero attached hydrogens (tertiary/aromatic N) is 4. The van der Waals surface area contributed by atoms with Gasteiger partial charge < -0.3 is 18.9 Å². The minimum atomic E-state index is 0.620. The van der Waals surface area contributed by atoms with Gasteiger partial charge >= 0.3 is 0 Å². The lowest BCUT2D eigenvalue weighted by atomic mass is 9.91. The van der Waals surface area contributed by atoms with Crippen molar-refractivity contribution in [3.8, 4) is 45.3 Å². The SMILES string of the molecule is CCCOc1c2cccc1Cc1cccc(c1OCCCC[n+]1ccc(-c3ccncc3)cc1)Cc1cccc(c1OCCC)Cc1cccc(c1OCCCC[n+]1ccc(-c3ccncc3)cc1)C2. The van der Waals surface area contributed by atoms with E-state index in [1.807, 2.05) is 49.1 Å². The molecule has 0 amide bonds. The summed E-state index contributed by atoms with van der Waals surface area (Å²) in [5, 5.41) is 0. The summed E-state index contributed by atoms with van der Waals surface area (Å²) in [6.45, 7) is 8.70. The van der Waals surface area contributed by atoms with Crippen molar-refractivity contribution >= 4 is 0 Å². The highest BCUT2D eigenvalue weighted by atomic mass is 16.5. The molecule has 0 atom stereocenters. The zero-order valence-electron chi connectivity index (χ0n) is 40.9. The third-order valence-corrected chi connectivity index (χ3v) is 13.1. The minimum absolute atomic E-state index is 0.620. The summed E-state index contributed by atoms with van der Waals surface area (Å²) in [7, 11) is 0. The molecule has 1 aliphatic carbocycles. The van der Waals surface area contributed by atoms with Gasteiger partial charge in [-0.05, 0) is 117 Å². The van der Waals surface area contributed by atoms with Gasteiger partial charge in [-0.25, -0.2) is 9.13 Å². The third-order valence-electron chi connectivity index (χ3n) is 13.1. The average molecular weight is 931 g/mol. The van der Waals surface area contributed by atoms with Gasteiger partial charge in [-0.3, -0.25) is 9.97 Å². The molecule has 0 fully saturated rings. The van der Waals surface area contributed by atoms with Crippen LogP contribution in [0.2, 0.25) is 0 Å². The maximum Gasteiger partial charge on any atom is 0.169 e. The number of benzene rings is 4. The predicted molar refractivity (Wildman–Crippen MR) is 278 cm³/mol. The summed E-state index contributed by atoms with van der Waals surface area (Å²) in [6, 6.07) is 43.5. The molecule has 70 heavy (non-hydrogen) atoms. The van der Waals surface area contributed by atoms with Gasteiger partial charge in [0.1, 0.15) is 36.1 Å². The fraction of sp³-hybridized carbons (Fsp3) is 0.290. The normalized spacial score (nSPS) is 12.0. The first-order valence-corrected chi connectivity index (χ1v) is 25.4. The number of aryl methyl sites for hydroxylation is 2. The lowest BCUT2D eigenvalue weighted by molar-refractivity contribution is -0.697. The Labute approximate surface area is 414 Å². The van der Waals surface area contributed by atoms with Crippen LogP contribution in [0, 0.1) is 0 Å². The van der Waals surface area contributed by atoms with Crippen molar-refractivity contribution < 1.29 is 28.1 Å². The number of ether oxygens (including phenoxy) is 4. The number of hydrogen-bond donors (Lipinski definition) is 0. The largest absolute Gasteiger partial charge is 0.493 e. The average Bonchev–Trinajstić information content (AvgIpc) is 3.40. The molecule has 0 spiro atoms. The minimum Gasteiger partial charge on any atom is -0.493 e. The van der Waals surface area contributed by atoms with Crippen molar-refractivity contribution in [2.24, 2.45) is 0 Å². The first-order valence-electron chi connectivity index (χ1n) is 25.4. The van der Waals surface area contributed by atoms with E-state index in [2.05, 4.69) is 155 Å². The smallest absolute Gasteiger partial charge is 0.169 e.